The van der Waals surface area contributed by atoms with Gasteiger partial charge in [0.2, 0.25) is 0 Å². The Morgan fingerprint density at radius 1 is 1.19 bits per heavy atom. The standard InChI is InChI=1S/C13H13F3N2O2S/c14-13(15,16)12(18-21(17,19)20)8-6-11(7-9-12)10-4-2-1-3-5-10/h1-8,18H,9H2,(H2,17,19,20)/t12-/m0/s1. The zero-order chi connectivity index (χ0) is 15.7. The van der Waals surface area contributed by atoms with E-state index in [4.69, 9.17) is 5.14 Å². The third-order valence-corrected chi connectivity index (χ3v) is 3.78. The second-order valence-electron chi connectivity index (χ2n) is 4.68. The molecule has 21 heavy (non-hydrogen) atoms. The molecule has 0 fully saturated rings. The van der Waals surface area contributed by atoms with Gasteiger partial charge in [0.15, 0.2) is 5.54 Å². The summed E-state index contributed by atoms with van der Waals surface area (Å²) >= 11 is 0. The minimum Gasteiger partial charge on any atom is -0.216 e. The van der Waals surface area contributed by atoms with Crippen LogP contribution >= 0.6 is 0 Å². The summed E-state index contributed by atoms with van der Waals surface area (Å²) in [5.41, 5.74) is -1.37. The topological polar surface area (TPSA) is 72.2 Å². The van der Waals surface area contributed by atoms with Crippen LogP contribution in [0.5, 0.6) is 0 Å². The Bertz CT molecular complexity index is 681. The van der Waals surface area contributed by atoms with Crippen LogP contribution in [0.2, 0.25) is 0 Å². The Morgan fingerprint density at radius 2 is 1.81 bits per heavy atom. The van der Waals surface area contributed by atoms with Gasteiger partial charge in [0.1, 0.15) is 0 Å². The minimum absolute atomic E-state index is 0.562. The molecule has 0 aliphatic heterocycles. The first-order chi connectivity index (χ1) is 9.63. The Labute approximate surface area is 120 Å². The van der Waals surface area contributed by atoms with E-state index in [2.05, 4.69) is 0 Å². The number of benzene rings is 1. The SMILES string of the molecule is NS(=O)(=O)N[C@@]1(C(F)(F)F)C=CC(c2ccccc2)=CC1. The number of nitrogens with one attached hydrogen (secondary N) is 1. The highest BCUT2D eigenvalue weighted by atomic mass is 32.2. The first-order valence-corrected chi connectivity index (χ1v) is 7.51. The van der Waals surface area contributed by atoms with Crippen LogP contribution in [0.4, 0.5) is 13.2 Å². The second kappa shape index (κ2) is 5.28. The summed E-state index contributed by atoms with van der Waals surface area (Å²) < 4.78 is 63.1. The van der Waals surface area contributed by atoms with Gasteiger partial charge in [0, 0.05) is 0 Å². The zero-order valence-electron chi connectivity index (χ0n) is 10.8. The molecule has 0 saturated carbocycles. The lowest BCUT2D eigenvalue weighted by Crippen LogP contribution is -2.59. The predicted molar refractivity (Wildman–Crippen MR) is 73.2 cm³/mol. The Balaban J connectivity index is 2.34. The molecule has 1 aromatic carbocycles. The van der Waals surface area contributed by atoms with Crippen LogP contribution in [0, 0.1) is 0 Å². The van der Waals surface area contributed by atoms with E-state index in [1.165, 1.54) is 16.9 Å². The zero-order valence-corrected chi connectivity index (χ0v) is 11.6. The number of allylic oxidation sites excluding steroid dienone is 2. The fourth-order valence-electron chi connectivity index (χ4n) is 2.08. The highest BCUT2D eigenvalue weighted by Gasteiger charge is 2.54. The van der Waals surface area contributed by atoms with E-state index in [1.807, 2.05) is 0 Å². The van der Waals surface area contributed by atoms with Gasteiger partial charge >= 0.3 is 6.18 Å². The molecule has 0 radical (unpaired) electrons. The van der Waals surface area contributed by atoms with Crippen LogP contribution in [0.25, 0.3) is 5.57 Å². The molecule has 0 amide bonds. The number of alkyl halides is 3. The molecular weight excluding hydrogens is 305 g/mol. The molecular formula is C13H13F3N2O2S. The van der Waals surface area contributed by atoms with Gasteiger partial charge in [-0.1, -0.05) is 48.6 Å². The van der Waals surface area contributed by atoms with E-state index in [1.54, 1.807) is 30.3 Å². The molecule has 1 atom stereocenters. The van der Waals surface area contributed by atoms with Crippen molar-refractivity contribution in [1.29, 1.82) is 0 Å². The molecule has 1 aliphatic rings. The summed E-state index contributed by atoms with van der Waals surface area (Å²) in [5, 5.41) is 4.70. The van der Waals surface area contributed by atoms with E-state index < -0.39 is 28.3 Å². The van der Waals surface area contributed by atoms with Gasteiger partial charge in [-0.3, -0.25) is 0 Å². The molecule has 0 bridgehead atoms. The van der Waals surface area contributed by atoms with Crippen LogP contribution in [0.1, 0.15) is 12.0 Å². The molecule has 114 valence electrons. The predicted octanol–water partition coefficient (Wildman–Crippen LogP) is 2.12. The number of halogens is 3. The monoisotopic (exact) mass is 318 g/mol. The minimum atomic E-state index is -4.80. The highest BCUT2D eigenvalue weighted by molar-refractivity contribution is 7.87. The van der Waals surface area contributed by atoms with Gasteiger partial charge in [0.05, 0.1) is 0 Å². The third-order valence-electron chi connectivity index (χ3n) is 3.13. The molecule has 3 N–H and O–H groups in total. The molecule has 0 spiro atoms. The fourth-order valence-corrected chi connectivity index (χ4v) is 2.86. The summed E-state index contributed by atoms with van der Waals surface area (Å²) in [5.74, 6) is 0. The van der Waals surface area contributed by atoms with Crippen molar-refractivity contribution < 1.29 is 21.6 Å². The number of nitrogens with two attached hydrogens (primary N) is 1. The van der Waals surface area contributed by atoms with Gasteiger partial charge in [-0.25, -0.2) is 5.14 Å². The molecule has 4 nitrogen and oxygen atoms in total. The van der Waals surface area contributed by atoms with Gasteiger partial charge < -0.3 is 0 Å². The fraction of sp³-hybridized carbons (Fsp3) is 0.231. The van der Waals surface area contributed by atoms with Crippen LogP contribution in [-0.2, 0) is 10.2 Å². The first-order valence-electron chi connectivity index (χ1n) is 5.96. The van der Waals surface area contributed by atoms with E-state index in [-0.39, 0.29) is 0 Å². The van der Waals surface area contributed by atoms with Gasteiger partial charge in [-0.05, 0) is 17.6 Å². The average Bonchev–Trinajstić information content (AvgIpc) is 2.37. The highest BCUT2D eigenvalue weighted by Crippen LogP contribution is 2.39. The average molecular weight is 318 g/mol. The normalized spacial score (nSPS) is 23.0. The Hall–Kier alpha value is -1.64. The second-order valence-corrected chi connectivity index (χ2v) is 5.97. The largest absolute Gasteiger partial charge is 0.411 e. The van der Waals surface area contributed by atoms with Gasteiger partial charge in [-0.2, -0.15) is 26.3 Å². The van der Waals surface area contributed by atoms with Crippen LogP contribution < -0.4 is 9.86 Å². The van der Waals surface area contributed by atoms with E-state index in [0.717, 1.165) is 11.6 Å². The molecule has 0 saturated heterocycles. The molecule has 0 aromatic heterocycles. The Kier molecular flexibility index (Phi) is 3.96. The molecule has 0 unspecified atom stereocenters. The summed E-state index contributed by atoms with van der Waals surface area (Å²) in [4.78, 5) is 0. The van der Waals surface area contributed by atoms with E-state index >= 15 is 0 Å². The summed E-state index contributed by atoms with van der Waals surface area (Å²) in [6.45, 7) is 0. The van der Waals surface area contributed by atoms with E-state index in [9.17, 15) is 21.6 Å². The van der Waals surface area contributed by atoms with Crippen molar-refractivity contribution in [2.24, 2.45) is 5.14 Å². The maximum atomic E-state index is 13.2. The lowest BCUT2D eigenvalue weighted by Gasteiger charge is -2.34. The first kappa shape index (κ1) is 15.7. The van der Waals surface area contributed by atoms with E-state index in [0.29, 0.717) is 5.57 Å². The van der Waals surface area contributed by atoms with Gasteiger partial charge in [-0.15, -0.1) is 0 Å². The number of rotatable bonds is 3. The third kappa shape index (κ3) is 3.52. The van der Waals surface area contributed by atoms with Crippen molar-refractivity contribution in [1.82, 2.24) is 4.72 Å². The Morgan fingerprint density at radius 3 is 2.24 bits per heavy atom. The summed E-state index contributed by atoms with van der Waals surface area (Å²) in [6.07, 6.45) is -1.99. The van der Waals surface area contributed by atoms with Crippen LogP contribution in [0.15, 0.2) is 48.6 Å². The van der Waals surface area contributed by atoms with Crippen molar-refractivity contribution >= 4 is 15.8 Å². The van der Waals surface area contributed by atoms with Crippen molar-refractivity contribution in [2.75, 3.05) is 0 Å². The van der Waals surface area contributed by atoms with Crippen LogP contribution in [-0.4, -0.2) is 20.1 Å². The maximum absolute atomic E-state index is 13.2. The van der Waals surface area contributed by atoms with Crippen LogP contribution in [0.3, 0.4) is 0 Å². The summed E-state index contributed by atoms with van der Waals surface area (Å²) in [7, 11) is -4.50. The maximum Gasteiger partial charge on any atom is 0.411 e. The van der Waals surface area contributed by atoms with Crippen molar-refractivity contribution in [3.05, 3.63) is 54.1 Å². The lowest BCUT2D eigenvalue weighted by atomic mass is 9.87. The van der Waals surface area contributed by atoms with Crippen molar-refractivity contribution in [2.45, 2.75) is 18.1 Å². The lowest BCUT2D eigenvalue weighted by molar-refractivity contribution is -0.175. The molecule has 8 heteroatoms. The molecule has 0 heterocycles. The molecule has 1 aliphatic carbocycles. The number of hydrogen-bond donors (Lipinski definition) is 2. The van der Waals surface area contributed by atoms with Gasteiger partial charge in [0.25, 0.3) is 10.2 Å². The van der Waals surface area contributed by atoms with Crippen molar-refractivity contribution in [3.8, 4) is 0 Å². The quantitative estimate of drug-likeness (QED) is 0.896. The molecule has 1 aromatic rings. The van der Waals surface area contributed by atoms with Crippen molar-refractivity contribution in [3.63, 3.8) is 0 Å². The molecule has 2 rings (SSSR count). The number of hydrogen-bond acceptors (Lipinski definition) is 2. The smallest absolute Gasteiger partial charge is 0.216 e. The summed E-state index contributed by atoms with van der Waals surface area (Å²) in [6, 6.07) is 8.82.